The lowest BCUT2D eigenvalue weighted by molar-refractivity contribution is 0.210. The molecule has 0 amide bonds. The number of rotatable bonds is 8. The number of nitrogens with one attached hydrogen (secondary N) is 1. The summed E-state index contributed by atoms with van der Waals surface area (Å²) in [7, 11) is 0. The summed E-state index contributed by atoms with van der Waals surface area (Å²) in [6.07, 6.45) is 1.21. The summed E-state index contributed by atoms with van der Waals surface area (Å²) >= 11 is 0. The van der Waals surface area contributed by atoms with Crippen LogP contribution in [0.2, 0.25) is 0 Å². The van der Waals surface area contributed by atoms with E-state index in [-0.39, 0.29) is 11.0 Å². The minimum Gasteiger partial charge on any atom is -0.311 e. The molecule has 1 N–H and O–H groups in total. The van der Waals surface area contributed by atoms with Crippen LogP contribution >= 0.6 is 0 Å². The van der Waals surface area contributed by atoms with Gasteiger partial charge in [0.05, 0.1) is 0 Å². The maximum Gasteiger partial charge on any atom is 0.0177 e. The Morgan fingerprint density at radius 3 is 2.10 bits per heavy atom. The second-order valence-corrected chi connectivity index (χ2v) is 7.40. The Kier molecular flexibility index (Phi) is 6.89. The molecule has 1 aromatic rings. The van der Waals surface area contributed by atoms with Crippen molar-refractivity contribution in [2.75, 3.05) is 26.2 Å². The standard InChI is InChI=1S/C19H34N2/c1-7-14-21(8-2)16-19(6,15-20-18(3,4)5)17-12-10-9-11-13-17/h9-13,20H,7-8,14-16H2,1-6H3. The Balaban J connectivity index is 2.93. The minimum atomic E-state index is 0.139. The second kappa shape index (κ2) is 7.95. The predicted molar refractivity (Wildman–Crippen MR) is 94.0 cm³/mol. The number of hydrogen-bond acceptors (Lipinski definition) is 2. The van der Waals surface area contributed by atoms with Crippen molar-refractivity contribution in [2.45, 2.75) is 58.9 Å². The van der Waals surface area contributed by atoms with E-state index in [2.05, 4.69) is 82.1 Å². The summed E-state index contributed by atoms with van der Waals surface area (Å²) in [4.78, 5) is 2.57. The first-order valence-corrected chi connectivity index (χ1v) is 8.33. The van der Waals surface area contributed by atoms with E-state index in [1.54, 1.807) is 0 Å². The zero-order valence-corrected chi connectivity index (χ0v) is 14.9. The first-order valence-electron chi connectivity index (χ1n) is 8.33. The molecule has 2 heteroatoms. The van der Waals surface area contributed by atoms with E-state index in [9.17, 15) is 0 Å². The highest BCUT2D eigenvalue weighted by Crippen LogP contribution is 2.25. The van der Waals surface area contributed by atoms with Gasteiger partial charge in [-0.15, -0.1) is 0 Å². The van der Waals surface area contributed by atoms with E-state index in [0.717, 1.165) is 19.6 Å². The van der Waals surface area contributed by atoms with Gasteiger partial charge in [-0.25, -0.2) is 0 Å². The smallest absolute Gasteiger partial charge is 0.0177 e. The van der Waals surface area contributed by atoms with Gasteiger partial charge in [-0.3, -0.25) is 0 Å². The fraction of sp³-hybridized carbons (Fsp3) is 0.684. The Bertz CT molecular complexity index is 394. The van der Waals surface area contributed by atoms with Gasteiger partial charge in [0, 0.05) is 24.0 Å². The van der Waals surface area contributed by atoms with Crippen LogP contribution < -0.4 is 5.32 Å². The fourth-order valence-corrected chi connectivity index (χ4v) is 2.71. The van der Waals surface area contributed by atoms with Crippen LogP contribution in [0.4, 0.5) is 0 Å². The second-order valence-electron chi connectivity index (χ2n) is 7.40. The van der Waals surface area contributed by atoms with Gasteiger partial charge >= 0.3 is 0 Å². The Morgan fingerprint density at radius 1 is 1.00 bits per heavy atom. The number of likely N-dealkylation sites (N-methyl/N-ethyl adjacent to an activating group) is 1. The lowest BCUT2D eigenvalue weighted by atomic mass is 9.81. The minimum absolute atomic E-state index is 0.139. The Morgan fingerprint density at radius 2 is 1.62 bits per heavy atom. The largest absolute Gasteiger partial charge is 0.311 e. The Labute approximate surface area is 131 Å². The van der Waals surface area contributed by atoms with Crippen LogP contribution in [-0.2, 0) is 5.41 Å². The summed E-state index contributed by atoms with van der Waals surface area (Å²) in [6.45, 7) is 18.0. The van der Waals surface area contributed by atoms with Crippen LogP contribution in [0.25, 0.3) is 0 Å². The van der Waals surface area contributed by atoms with Crippen LogP contribution in [0.15, 0.2) is 30.3 Å². The summed E-state index contributed by atoms with van der Waals surface area (Å²) in [5.74, 6) is 0. The van der Waals surface area contributed by atoms with Crippen molar-refractivity contribution in [1.82, 2.24) is 10.2 Å². The molecule has 21 heavy (non-hydrogen) atoms. The van der Waals surface area contributed by atoms with Crippen molar-refractivity contribution in [2.24, 2.45) is 0 Å². The van der Waals surface area contributed by atoms with Crippen molar-refractivity contribution in [1.29, 1.82) is 0 Å². The highest BCUT2D eigenvalue weighted by Gasteiger charge is 2.29. The normalized spacial score (nSPS) is 15.2. The maximum absolute atomic E-state index is 3.71. The molecule has 0 fully saturated rings. The highest BCUT2D eigenvalue weighted by molar-refractivity contribution is 5.26. The summed E-state index contributed by atoms with van der Waals surface area (Å²) in [5, 5.41) is 3.71. The van der Waals surface area contributed by atoms with Crippen molar-refractivity contribution >= 4 is 0 Å². The van der Waals surface area contributed by atoms with E-state index in [4.69, 9.17) is 0 Å². The van der Waals surface area contributed by atoms with E-state index >= 15 is 0 Å². The number of nitrogens with zero attached hydrogens (tertiary/aromatic N) is 1. The number of hydrogen-bond donors (Lipinski definition) is 1. The SMILES string of the molecule is CCCN(CC)CC(C)(CNC(C)(C)C)c1ccccc1. The molecular formula is C19H34N2. The lowest BCUT2D eigenvalue weighted by Gasteiger charge is -2.38. The third-order valence-electron chi connectivity index (χ3n) is 4.04. The Hall–Kier alpha value is -0.860. The van der Waals surface area contributed by atoms with Crippen molar-refractivity contribution in [3.8, 4) is 0 Å². The molecular weight excluding hydrogens is 256 g/mol. The third-order valence-corrected chi connectivity index (χ3v) is 4.04. The van der Waals surface area contributed by atoms with Gasteiger partial charge < -0.3 is 10.2 Å². The van der Waals surface area contributed by atoms with Crippen LogP contribution in [0.5, 0.6) is 0 Å². The molecule has 2 nitrogen and oxygen atoms in total. The maximum atomic E-state index is 3.71. The molecule has 0 radical (unpaired) electrons. The molecule has 0 aromatic heterocycles. The zero-order valence-electron chi connectivity index (χ0n) is 14.9. The molecule has 1 rings (SSSR count). The molecule has 120 valence electrons. The van der Waals surface area contributed by atoms with Crippen LogP contribution in [-0.4, -0.2) is 36.6 Å². The van der Waals surface area contributed by atoms with Gasteiger partial charge in [0.2, 0.25) is 0 Å². The van der Waals surface area contributed by atoms with Crippen molar-refractivity contribution in [3.05, 3.63) is 35.9 Å². The van der Waals surface area contributed by atoms with Crippen molar-refractivity contribution < 1.29 is 0 Å². The van der Waals surface area contributed by atoms with Gasteiger partial charge in [-0.05, 0) is 45.8 Å². The average Bonchev–Trinajstić information content (AvgIpc) is 2.45. The van der Waals surface area contributed by atoms with E-state index < -0.39 is 0 Å². The fourth-order valence-electron chi connectivity index (χ4n) is 2.71. The lowest BCUT2D eigenvalue weighted by Crippen LogP contribution is -2.50. The molecule has 0 saturated carbocycles. The predicted octanol–water partition coefficient (Wildman–Crippen LogP) is 4.06. The molecule has 1 unspecified atom stereocenters. The first kappa shape index (κ1) is 18.2. The zero-order chi connectivity index (χ0) is 15.9. The van der Waals surface area contributed by atoms with Gasteiger partial charge in [0.15, 0.2) is 0 Å². The molecule has 0 aliphatic carbocycles. The topological polar surface area (TPSA) is 15.3 Å². The monoisotopic (exact) mass is 290 g/mol. The highest BCUT2D eigenvalue weighted by atomic mass is 15.1. The summed E-state index contributed by atoms with van der Waals surface area (Å²) < 4.78 is 0. The molecule has 0 aliphatic heterocycles. The van der Waals surface area contributed by atoms with Crippen LogP contribution in [0.1, 0.15) is 53.5 Å². The quantitative estimate of drug-likeness (QED) is 0.776. The van der Waals surface area contributed by atoms with Crippen LogP contribution in [0.3, 0.4) is 0 Å². The number of benzene rings is 1. The van der Waals surface area contributed by atoms with Crippen molar-refractivity contribution in [3.63, 3.8) is 0 Å². The summed E-state index contributed by atoms with van der Waals surface area (Å²) in [5.41, 5.74) is 1.72. The molecule has 1 atom stereocenters. The van der Waals surface area contributed by atoms with Gasteiger partial charge in [0.1, 0.15) is 0 Å². The van der Waals surface area contributed by atoms with E-state index in [1.165, 1.54) is 18.5 Å². The van der Waals surface area contributed by atoms with Gasteiger partial charge in [0.25, 0.3) is 0 Å². The summed E-state index contributed by atoms with van der Waals surface area (Å²) in [6, 6.07) is 10.9. The third kappa shape index (κ3) is 6.19. The molecule has 0 heterocycles. The average molecular weight is 290 g/mol. The molecule has 1 aromatic carbocycles. The molecule has 0 aliphatic rings. The first-order chi connectivity index (χ1) is 9.80. The molecule has 0 spiro atoms. The van der Waals surface area contributed by atoms with E-state index in [0.29, 0.717) is 0 Å². The molecule has 0 saturated heterocycles. The van der Waals surface area contributed by atoms with Crippen LogP contribution in [0, 0.1) is 0 Å². The molecule has 0 bridgehead atoms. The van der Waals surface area contributed by atoms with Gasteiger partial charge in [-0.2, -0.15) is 0 Å². The van der Waals surface area contributed by atoms with Gasteiger partial charge in [-0.1, -0.05) is 51.1 Å². The van der Waals surface area contributed by atoms with E-state index in [1.807, 2.05) is 0 Å².